The van der Waals surface area contributed by atoms with Crippen molar-refractivity contribution in [1.82, 2.24) is 20.1 Å². The average molecular weight is 493 g/mol. The summed E-state index contributed by atoms with van der Waals surface area (Å²) in [6.45, 7) is 3.66. The normalized spacial score (nSPS) is 23.7. The molecule has 2 bridgehead atoms. The maximum atomic E-state index is 14.8. The van der Waals surface area contributed by atoms with Crippen LogP contribution >= 0.6 is 0 Å². The zero-order valence-electron chi connectivity index (χ0n) is 18.7. The van der Waals surface area contributed by atoms with Gasteiger partial charge >= 0.3 is 12.2 Å². The summed E-state index contributed by atoms with van der Waals surface area (Å²) in [5, 5.41) is 10.3. The van der Waals surface area contributed by atoms with Crippen LogP contribution in [0.5, 0.6) is 0 Å². The summed E-state index contributed by atoms with van der Waals surface area (Å²) in [4.78, 5) is 18.4. The van der Waals surface area contributed by atoms with Gasteiger partial charge < -0.3 is 14.6 Å². The van der Waals surface area contributed by atoms with Crippen molar-refractivity contribution in [2.24, 2.45) is 5.92 Å². The molecule has 1 N–H and O–H groups in total. The maximum absolute atomic E-state index is 14.8. The number of fused-ring (bicyclic) bond motifs is 2. The number of carbonyl (C=O) groups excluding carboxylic acids is 1. The van der Waals surface area contributed by atoms with Crippen molar-refractivity contribution >= 4 is 11.7 Å². The molecule has 1 saturated carbocycles. The number of halogens is 5. The summed E-state index contributed by atoms with van der Waals surface area (Å²) in [7, 11) is 0. The number of benzene rings is 1. The molecule has 1 aliphatic carbocycles. The van der Waals surface area contributed by atoms with Crippen molar-refractivity contribution in [2.75, 3.05) is 5.32 Å². The van der Waals surface area contributed by atoms with Crippen LogP contribution in [0, 0.1) is 24.5 Å². The number of nitrogens with zero attached hydrogens (tertiary/aromatic N) is 4. The van der Waals surface area contributed by atoms with Gasteiger partial charge in [-0.3, -0.25) is 4.98 Å². The first-order valence-electron chi connectivity index (χ1n) is 10.9. The quantitative estimate of drug-likeness (QED) is 0.476. The van der Waals surface area contributed by atoms with Crippen LogP contribution in [0.3, 0.4) is 0 Å². The average Bonchev–Trinajstić information content (AvgIpc) is 3.20. The molecule has 3 heterocycles. The Bertz CT molecular complexity index is 1310. The summed E-state index contributed by atoms with van der Waals surface area (Å²) in [5.74, 6) is -1.27. The van der Waals surface area contributed by atoms with E-state index < -0.39 is 46.2 Å². The van der Waals surface area contributed by atoms with Gasteiger partial charge in [-0.2, -0.15) is 13.2 Å². The highest BCUT2D eigenvalue weighted by atomic mass is 19.4. The number of carbonyl (C=O) groups is 1. The predicted molar refractivity (Wildman–Crippen MR) is 113 cm³/mol. The van der Waals surface area contributed by atoms with Gasteiger partial charge in [-0.25, -0.2) is 13.6 Å². The summed E-state index contributed by atoms with van der Waals surface area (Å²) in [6.07, 6.45) is -1.21. The van der Waals surface area contributed by atoms with Crippen LogP contribution in [0.2, 0.25) is 0 Å². The van der Waals surface area contributed by atoms with Crippen LogP contribution in [0.25, 0.3) is 11.1 Å². The molecular weight excluding hydrogens is 473 g/mol. The Morgan fingerprint density at radius 3 is 2.60 bits per heavy atom. The number of likely N-dealkylation sites (tertiary alicyclic amines) is 1. The summed E-state index contributed by atoms with van der Waals surface area (Å²) in [6, 6.07) is 1.11. The predicted octanol–water partition coefficient (Wildman–Crippen LogP) is 5.67. The molecule has 184 valence electrons. The Morgan fingerprint density at radius 2 is 1.94 bits per heavy atom. The second-order valence-corrected chi connectivity index (χ2v) is 9.13. The Hall–Kier alpha value is -3.57. The molecule has 2 aromatic heterocycles. The van der Waals surface area contributed by atoms with Gasteiger partial charge in [0, 0.05) is 31.1 Å². The SMILES string of the molecule is Cc1nnc(C23CC(C[C@@H](C)C2)N3C(=O)Nc2cc(-c3cncc(F)c3)c(C(F)(F)F)cc2F)o1. The molecule has 2 fully saturated rings. The number of pyridine rings is 1. The van der Waals surface area contributed by atoms with E-state index in [1.165, 1.54) is 4.90 Å². The third kappa shape index (κ3) is 3.90. The van der Waals surface area contributed by atoms with Crippen molar-refractivity contribution in [1.29, 1.82) is 0 Å². The number of aryl methyl sites for hydroxylation is 1. The molecule has 5 rings (SSSR count). The minimum Gasteiger partial charge on any atom is -0.423 e. The molecule has 1 saturated heterocycles. The van der Waals surface area contributed by atoms with E-state index in [0.29, 0.717) is 25.2 Å². The largest absolute Gasteiger partial charge is 0.423 e. The zero-order chi connectivity index (χ0) is 25.1. The van der Waals surface area contributed by atoms with Gasteiger partial charge in [0.1, 0.15) is 17.2 Å². The molecule has 3 atom stereocenters. The molecule has 1 aromatic carbocycles. The number of alkyl halides is 3. The number of urea groups is 1. The minimum absolute atomic E-state index is 0.171. The van der Waals surface area contributed by atoms with Crippen LogP contribution in [0.1, 0.15) is 43.5 Å². The third-order valence-corrected chi connectivity index (χ3v) is 6.57. The van der Waals surface area contributed by atoms with Gasteiger partial charge in [-0.15, -0.1) is 10.2 Å². The van der Waals surface area contributed by atoms with E-state index in [2.05, 4.69) is 20.5 Å². The molecule has 1 aliphatic heterocycles. The van der Waals surface area contributed by atoms with Crippen molar-refractivity contribution < 1.29 is 31.2 Å². The smallest absolute Gasteiger partial charge is 0.417 e. The first-order valence-corrected chi connectivity index (χ1v) is 10.9. The fourth-order valence-electron chi connectivity index (χ4n) is 5.31. The van der Waals surface area contributed by atoms with Gasteiger partial charge in [0.05, 0.1) is 17.4 Å². The number of anilines is 1. The molecular formula is C23H20F5N5O2. The van der Waals surface area contributed by atoms with E-state index in [9.17, 15) is 26.7 Å². The molecule has 12 heteroatoms. The molecule has 2 unspecified atom stereocenters. The van der Waals surface area contributed by atoms with Gasteiger partial charge in [0.25, 0.3) is 0 Å². The lowest BCUT2D eigenvalue weighted by Crippen LogP contribution is -2.70. The Morgan fingerprint density at radius 1 is 1.17 bits per heavy atom. The number of aromatic nitrogens is 3. The fraction of sp³-hybridized carbons (Fsp3) is 0.391. The lowest BCUT2D eigenvalue weighted by atomic mass is 9.64. The standard InChI is InChI=1S/C23H20F5N5O2/c1-11-3-15-8-22(7-11,20-32-31-12(2)35-20)33(15)21(34)30-19-5-16(13-4-14(24)10-29-9-13)17(6-18(19)25)23(26,27)28/h4-6,9-11,15H,3,7-8H2,1-2H3,(H,30,34)/t11-,15?,22?/m1/s1. The molecule has 3 aromatic rings. The van der Waals surface area contributed by atoms with Crippen LogP contribution in [0.15, 0.2) is 35.0 Å². The lowest BCUT2D eigenvalue weighted by molar-refractivity contribution is -0.137. The molecule has 0 radical (unpaired) electrons. The van der Waals surface area contributed by atoms with E-state index in [1.807, 2.05) is 6.92 Å². The maximum Gasteiger partial charge on any atom is 0.417 e. The second-order valence-electron chi connectivity index (χ2n) is 9.13. The van der Waals surface area contributed by atoms with Crippen molar-refractivity contribution in [2.45, 2.75) is 50.9 Å². The van der Waals surface area contributed by atoms with E-state index in [0.717, 1.165) is 24.5 Å². The monoisotopic (exact) mass is 493 g/mol. The first-order chi connectivity index (χ1) is 16.5. The minimum atomic E-state index is -4.92. The molecule has 2 amide bonds. The molecule has 35 heavy (non-hydrogen) atoms. The summed E-state index contributed by atoms with van der Waals surface area (Å²) in [5.41, 5.74) is -3.38. The number of amides is 2. The number of nitrogens with one attached hydrogen (secondary N) is 1. The number of hydrogen-bond acceptors (Lipinski definition) is 5. The second kappa shape index (κ2) is 7.99. The Balaban J connectivity index is 1.51. The third-order valence-electron chi connectivity index (χ3n) is 6.57. The van der Waals surface area contributed by atoms with Gasteiger partial charge in [-0.1, -0.05) is 6.92 Å². The highest BCUT2D eigenvalue weighted by molar-refractivity contribution is 5.92. The number of hydrogen-bond donors (Lipinski definition) is 1. The van der Waals surface area contributed by atoms with Crippen LogP contribution in [0.4, 0.5) is 32.4 Å². The Labute approximate surface area is 196 Å². The van der Waals surface area contributed by atoms with Gasteiger partial charge in [-0.05, 0) is 42.5 Å². The summed E-state index contributed by atoms with van der Waals surface area (Å²) < 4.78 is 75.0. The molecule has 2 aliphatic rings. The topological polar surface area (TPSA) is 84.2 Å². The number of rotatable bonds is 3. The molecule has 7 nitrogen and oxygen atoms in total. The van der Waals surface area contributed by atoms with E-state index in [-0.39, 0.29) is 29.5 Å². The highest BCUT2D eigenvalue weighted by Crippen LogP contribution is 2.55. The van der Waals surface area contributed by atoms with E-state index in [4.69, 9.17) is 4.42 Å². The molecule has 0 spiro atoms. The fourth-order valence-corrected chi connectivity index (χ4v) is 5.31. The van der Waals surface area contributed by atoms with Crippen molar-refractivity contribution in [3.63, 3.8) is 0 Å². The summed E-state index contributed by atoms with van der Waals surface area (Å²) >= 11 is 0. The van der Waals surface area contributed by atoms with E-state index >= 15 is 0 Å². The van der Waals surface area contributed by atoms with Crippen LogP contribution in [-0.4, -0.2) is 32.2 Å². The highest BCUT2D eigenvalue weighted by Gasteiger charge is 2.62. The van der Waals surface area contributed by atoms with Crippen molar-refractivity contribution in [3.05, 3.63) is 59.6 Å². The van der Waals surface area contributed by atoms with Crippen LogP contribution < -0.4 is 5.32 Å². The first kappa shape index (κ1) is 23.2. The lowest BCUT2D eigenvalue weighted by Gasteiger charge is -2.61. The van der Waals surface area contributed by atoms with Gasteiger partial charge in [0.15, 0.2) is 0 Å². The number of piperidine rings is 1. The van der Waals surface area contributed by atoms with Gasteiger partial charge in [0.2, 0.25) is 11.8 Å². The van der Waals surface area contributed by atoms with Crippen LogP contribution in [-0.2, 0) is 11.7 Å². The Kier molecular flexibility index (Phi) is 5.29. The zero-order valence-corrected chi connectivity index (χ0v) is 18.7. The van der Waals surface area contributed by atoms with E-state index in [1.54, 1.807) is 6.92 Å². The van der Waals surface area contributed by atoms with Crippen molar-refractivity contribution in [3.8, 4) is 11.1 Å².